The smallest absolute Gasteiger partial charge is 0.138 e. The Morgan fingerprint density at radius 1 is 1.17 bits per heavy atom. The van der Waals surface area contributed by atoms with Crippen molar-refractivity contribution in [2.45, 2.75) is 0 Å². The van der Waals surface area contributed by atoms with E-state index >= 15 is 0 Å². The van der Waals surface area contributed by atoms with Crippen molar-refractivity contribution < 1.29 is 0 Å². The lowest BCUT2D eigenvalue weighted by molar-refractivity contribution is 1.18. The zero-order valence-corrected chi connectivity index (χ0v) is 10.9. The van der Waals surface area contributed by atoms with Crippen LogP contribution in [0.3, 0.4) is 0 Å². The number of hydrogen-bond donors (Lipinski definition) is 0. The Balaban J connectivity index is 2.10. The van der Waals surface area contributed by atoms with Gasteiger partial charge in [-0.2, -0.15) is 5.26 Å². The molecule has 86 valence electrons. The molecule has 0 aliphatic heterocycles. The summed E-state index contributed by atoms with van der Waals surface area (Å²) in [6.07, 6.45) is 3.93. The van der Waals surface area contributed by atoms with Gasteiger partial charge in [-0.05, 0) is 24.3 Å². The van der Waals surface area contributed by atoms with E-state index in [0.29, 0.717) is 5.56 Å². The van der Waals surface area contributed by atoms with Crippen LogP contribution in [0.2, 0.25) is 0 Å². The van der Waals surface area contributed by atoms with Crippen LogP contribution in [-0.4, -0.2) is 9.38 Å². The molecule has 3 nitrogen and oxygen atoms in total. The van der Waals surface area contributed by atoms with Gasteiger partial charge in [0.1, 0.15) is 5.65 Å². The summed E-state index contributed by atoms with van der Waals surface area (Å²) in [6.45, 7) is 0. The second-order valence-electron chi connectivity index (χ2n) is 3.93. The lowest BCUT2D eigenvalue weighted by atomic mass is 10.1. The third-order valence-electron chi connectivity index (χ3n) is 2.73. The van der Waals surface area contributed by atoms with Gasteiger partial charge in [0.15, 0.2) is 0 Å². The van der Waals surface area contributed by atoms with E-state index in [2.05, 4.69) is 27.0 Å². The molecule has 3 rings (SSSR count). The molecule has 0 radical (unpaired) electrons. The topological polar surface area (TPSA) is 41.1 Å². The normalized spacial score (nSPS) is 10.4. The number of benzene rings is 1. The number of halogens is 1. The number of rotatable bonds is 1. The second kappa shape index (κ2) is 4.28. The molecule has 0 saturated heterocycles. The lowest BCUT2D eigenvalue weighted by Crippen LogP contribution is -1.79. The summed E-state index contributed by atoms with van der Waals surface area (Å²) in [4.78, 5) is 4.55. The Kier molecular flexibility index (Phi) is 2.62. The molecule has 1 aromatic carbocycles. The van der Waals surface area contributed by atoms with E-state index in [0.717, 1.165) is 21.4 Å². The van der Waals surface area contributed by atoms with E-state index in [4.69, 9.17) is 5.26 Å². The maximum absolute atomic E-state index is 8.77. The van der Waals surface area contributed by atoms with E-state index in [1.165, 1.54) is 0 Å². The van der Waals surface area contributed by atoms with Crippen molar-refractivity contribution in [3.8, 4) is 17.3 Å². The molecule has 0 unspecified atom stereocenters. The van der Waals surface area contributed by atoms with Crippen LogP contribution < -0.4 is 0 Å². The minimum atomic E-state index is 0.658. The molecular weight excluding hydrogens is 290 g/mol. The number of imidazole rings is 1. The van der Waals surface area contributed by atoms with E-state index in [1.54, 1.807) is 12.1 Å². The summed E-state index contributed by atoms with van der Waals surface area (Å²) in [5, 5.41) is 8.77. The number of nitriles is 1. The Morgan fingerprint density at radius 3 is 2.67 bits per heavy atom. The summed E-state index contributed by atoms with van der Waals surface area (Å²) >= 11 is 3.43. The van der Waals surface area contributed by atoms with E-state index in [9.17, 15) is 0 Å². The fraction of sp³-hybridized carbons (Fsp3) is 0. The Labute approximate surface area is 112 Å². The summed E-state index contributed by atoms with van der Waals surface area (Å²) < 4.78 is 2.98. The van der Waals surface area contributed by atoms with Crippen LogP contribution in [0.4, 0.5) is 0 Å². The molecule has 0 atom stereocenters. The zero-order chi connectivity index (χ0) is 12.5. The van der Waals surface area contributed by atoms with Gasteiger partial charge < -0.3 is 4.40 Å². The van der Waals surface area contributed by atoms with Crippen LogP contribution >= 0.6 is 15.9 Å². The molecule has 0 aliphatic carbocycles. The highest BCUT2D eigenvalue weighted by Gasteiger charge is 2.04. The average Bonchev–Trinajstić information content (AvgIpc) is 2.81. The van der Waals surface area contributed by atoms with Crippen LogP contribution in [-0.2, 0) is 0 Å². The third-order valence-corrected chi connectivity index (χ3v) is 3.23. The number of fused-ring (bicyclic) bond motifs is 1. The van der Waals surface area contributed by atoms with Crippen LogP contribution in [0, 0.1) is 11.3 Å². The van der Waals surface area contributed by atoms with Gasteiger partial charge in [-0.1, -0.05) is 28.1 Å². The maximum Gasteiger partial charge on any atom is 0.138 e. The first-order chi connectivity index (χ1) is 8.76. The predicted molar refractivity (Wildman–Crippen MR) is 73.0 cm³/mol. The first-order valence-electron chi connectivity index (χ1n) is 5.41. The molecule has 4 heteroatoms. The van der Waals surface area contributed by atoms with E-state index in [-0.39, 0.29) is 0 Å². The summed E-state index contributed by atoms with van der Waals surface area (Å²) in [7, 11) is 0. The third kappa shape index (κ3) is 1.89. The molecule has 0 bridgehead atoms. The largest absolute Gasteiger partial charge is 0.306 e. The SMILES string of the molecule is N#Cc1ccc(-c2cn3ccc(Br)cc3n2)cc1. The predicted octanol–water partition coefficient (Wildman–Crippen LogP) is 3.64. The molecule has 0 fully saturated rings. The highest BCUT2D eigenvalue weighted by molar-refractivity contribution is 9.10. The molecule has 0 aliphatic rings. The number of aromatic nitrogens is 2. The Hall–Kier alpha value is -2.12. The zero-order valence-electron chi connectivity index (χ0n) is 9.34. The minimum absolute atomic E-state index is 0.658. The van der Waals surface area contributed by atoms with Gasteiger partial charge in [-0.25, -0.2) is 4.98 Å². The van der Waals surface area contributed by atoms with Gasteiger partial charge in [-0.15, -0.1) is 0 Å². The van der Waals surface area contributed by atoms with Crippen molar-refractivity contribution in [2.24, 2.45) is 0 Å². The van der Waals surface area contributed by atoms with Crippen LogP contribution in [0.1, 0.15) is 5.56 Å². The van der Waals surface area contributed by atoms with Gasteiger partial charge in [0.05, 0.1) is 17.3 Å². The summed E-state index contributed by atoms with van der Waals surface area (Å²) in [5.74, 6) is 0. The summed E-state index contributed by atoms with van der Waals surface area (Å²) in [6, 6.07) is 13.5. The average molecular weight is 298 g/mol. The molecule has 0 spiro atoms. The number of nitrogens with zero attached hydrogens (tertiary/aromatic N) is 3. The standard InChI is InChI=1S/C14H8BrN3/c15-12-5-6-18-9-13(17-14(18)7-12)11-3-1-10(8-16)2-4-11/h1-7,9H. The minimum Gasteiger partial charge on any atom is -0.306 e. The van der Waals surface area contributed by atoms with Crippen molar-refractivity contribution >= 4 is 21.6 Å². The quantitative estimate of drug-likeness (QED) is 0.688. The van der Waals surface area contributed by atoms with Crippen molar-refractivity contribution in [3.63, 3.8) is 0 Å². The van der Waals surface area contributed by atoms with Crippen molar-refractivity contribution in [3.05, 3.63) is 58.8 Å². The van der Waals surface area contributed by atoms with Crippen molar-refractivity contribution in [2.75, 3.05) is 0 Å². The lowest BCUT2D eigenvalue weighted by Gasteiger charge is -1.94. The highest BCUT2D eigenvalue weighted by Crippen LogP contribution is 2.21. The van der Waals surface area contributed by atoms with Gasteiger partial charge in [0.25, 0.3) is 0 Å². The van der Waals surface area contributed by atoms with E-state index < -0.39 is 0 Å². The van der Waals surface area contributed by atoms with Crippen molar-refractivity contribution in [1.29, 1.82) is 5.26 Å². The first-order valence-corrected chi connectivity index (χ1v) is 6.20. The van der Waals surface area contributed by atoms with E-state index in [1.807, 2.05) is 41.1 Å². The fourth-order valence-electron chi connectivity index (χ4n) is 1.81. The molecule has 2 heterocycles. The highest BCUT2D eigenvalue weighted by atomic mass is 79.9. The molecule has 3 aromatic rings. The number of pyridine rings is 1. The van der Waals surface area contributed by atoms with Crippen LogP contribution in [0.5, 0.6) is 0 Å². The summed E-state index contributed by atoms with van der Waals surface area (Å²) in [5.41, 5.74) is 3.46. The molecule has 0 saturated carbocycles. The second-order valence-corrected chi connectivity index (χ2v) is 4.84. The van der Waals surface area contributed by atoms with Crippen molar-refractivity contribution in [1.82, 2.24) is 9.38 Å². The van der Waals surface area contributed by atoms with Crippen LogP contribution in [0.15, 0.2) is 53.3 Å². The Morgan fingerprint density at radius 2 is 1.94 bits per heavy atom. The monoisotopic (exact) mass is 297 g/mol. The first kappa shape index (κ1) is 11.0. The van der Waals surface area contributed by atoms with Gasteiger partial charge in [0.2, 0.25) is 0 Å². The molecule has 18 heavy (non-hydrogen) atoms. The van der Waals surface area contributed by atoms with Gasteiger partial charge in [-0.3, -0.25) is 0 Å². The maximum atomic E-state index is 8.77. The molecule has 0 N–H and O–H groups in total. The van der Waals surface area contributed by atoms with Gasteiger partial charge in [0, 0.05) is 22.4 Å². The molecular formula is C14H8BrN3. The molecule has 0 amide bonds. The van der Waals surface area contributed by atoms with Gasteiger partial charge >= 0.3 is 0 Å². The van der Waals surface area contributed by atoms with Crippen LogP contribution in [0.25, 0.3) is 16.9 Å². The Bertz CT molecular complexity index is 751. The number of hydrogen-bond acceptors (Lipinski definition) is 2. The fourth-order valence-corrected chi connectivity index (χ4v) is 2.13. The molecule has 2 aromatic heterocycles.